The zero-order chi connectivity index (χ0) is 11.2. The molecule has 0 fully saturated rings. The molecule has 1 aliphatic rings. The minimum atomic E-state index is -0.981. The predicted octanol–water partition coefficient (Wildman–Crippen LogP) is 1.91. The van der Waals surface area contributed by atoms with E-state index in [1.165, 1.54) is 0 Å². The van der Waals surface area contributed by atoms with Crippen molar-refractivity contribution < 1.29 is 4.74 Å². The zero-order valence-corrected chi connectivity index (χ0v) is 8.68. The van der Waals surface area contributed by atoms with Crippen LogP contribution in [0.1, 0.15) is 11.1 Å². The molecule has 1 aliphatic heterocycles. The first-order valence-corrected chi connectivity index (χ1v) is 5.14. The van der Waals surface area contributed by atoms with E-state index < -0.39 is 5.66 Å². The predicted molar refractivity (Wildman–Crippen MR) is 62.1 cm³/mol. The first-order valence-electron chi connectivity index (χ1n) is 5.14. The van der Waals surface area contributed by atoms with Crippen LogP contribution in [0.5, 0.6) is 11.5 Å². The second-order valence-electron chi connectivity index (χ2n) is 3.96. The molecule has 0 unspecified atom stereocenters. The maximum Gasteiger partial charge on any atom is 0.134 e. The Balaban J connectivity index is 2.28. The summed E-state index contributed by atoms with van der Waals surface area (Å²) >= 11 is 0. The van der Waals surface area contributed by atoms with Crippen LogP contribution in [-0.2, 0) is 5.66 Å². The average molecular weight is 212 g/mol. The zero-order valence-electron chi connectivity index (χ0n) is 8.68. The highest BCUT2D eigenvalue weighted by Crippen LogP contribution is 2.42. The number of fused-ring (bicyclic) bond motifs is 2. The molecule has 3 nitrogen and oxygen atoms in total. The lowest BCUT2D eigenvalue weighted by Crippen LogP contribution is -2.48. The van der Waals surface area contributed by atoms with Gasteiger partial charge in [0.15, 0.2) is 0 Å². The average Bonchev–Trinajstić information content (AvgIpc) is 2.29. The van der Waals surface area contributed by atoms with Crippen LogP contribution in [0.2, 0.25) is 0 Å². The highest BCUT2D eigenvalue weighted by atomic mass is 16.5. The van der Waals surface area contributed by atoms with Crippen LogP contribution in [0.3, 0.4) is 0 Å². The van der Waals surface area contributed by atoms with Crippen molar-refractivity contribution in [3.05, 3.63) is 59.7 Å². The number of hydrogen-bond acceptors (Lipinski definition) is 3. The highest BCUT2D eigenvalue weighted by Gasteiger charge is 2.34. The van der Waals surface area contributed by atoms with Crippen molar-refractivity contribution in [3.63, 3.8) is 0 Å². The summed E-state index contributed by atoms with van der Waals surface area (Å²) in [4.78, 5) is 0. The van der Waals surface area contributed by atoms with E-state index in [-0.39, 0.29) is 0 Å². The largest absolute Gasteiger partial charge is 0.457 e. The van der Waals surface area contributed by atoms with Crippen molar-refractivity contribution in [1.82, 2.24) is 0 Å². The van der Waals surface area contributed by atoms with Gasteiger partial charge in [-0.2, -0.15) is 0 Å². The van der Waals surface area contributed by atoms with Crippen LogP contribution in [0.4, 0.5) is 0 Å². The lowest BCUT2D eigenvalue weighted by atomic mass is 9.89. The Morgan fingerprint density at radius 2 is 1.19 bits per heavy atom. The van der Waals surface area contributed by atoms with Gasteiger partial charge >= 0.3 is 0 Å². The van der Waals surface area contributed by atoms with Gasteiger partial charge in [0.2, 0.25) is 0 Å². The van der Waals surface area contributed by atoms with Gasteiger partial charge in [0.25, 0.3) is 0 Å². The van der Waals surface area contributed by atoms with Crippen LogP contribution >= 0.6 is 0 Å². The van der Waals surface area contributed by atoms with E-state index in [0.717, 1.165) is 22.6 Å². The molecule has 0 amide bonds. The highest BCUT2D eigenvalue weighted by molar-refractivity contribution is 5.55. The smallest absolute Gasteiger partial charge is 0.134 e. The minimum absolute atomic E-state index is 0.728. The Kier molecular flexibility index (Phi) is 1.80. The van der Waals surface area contributed by atoms with Crippen LogP contribution in [0.15, 0.2) is 48.5 Å². The molecule has 16 heavy (non-hydrogen) atoms. The summed E-state index contributed by atoms with van der Waals surface area (Å²) in [5.41, 5.74) is 13.0. The molecular weight excluding hydrogens is 200 g/mol. The molecule has 2 aromatic rings. The Labute approximate surface area is 93.6 Å². The van der Waals surface area contributed by atoms with Crippen LogP contribution in [0.25, 0.3) is 0 Å². The second kappa shape index (κ2) is 3.07. The standard InChI is InChI=1S/C13H12N2O/c14-13(15)9-5-1-3-7-11(9)16-12-8-4-2-6-10(12)13/h1-8H,14-15H2. The maximum absolute atomic E-state index is 6.20. The summed E-state index contributed by atoms with van der Waals surface area (Å²) in [5, 5.41) is 0. The molecule has 0 saturated heterocycles. The molecule has 0 aliphatic carbocycles. The molecule has 0 atom stereocenters. The summed E-state index contributed by atoms with van der Waals surface area (Å²) in [6.45, 7) is 0. The fourth-order valence-corrected chi connectivity index (χ4v) is 2.06. The van der Waals surface area contributed by atoms with Crippen LogP contribution < -0.4 is 16.2 Å². The van der Waals surface area contributed by atoms with Gasteiger partial charge in [-0.1, -0.05) is 36.4 Å². The van der Waals surface area contributed by atoms with Crippen LogP contribution in [-0.4, -0.2) is 0 Å². The Morgan fingerprint density at radius 1 is 0.750 bits per heavy atom. The fourth-order valence-electron chi connectivity index (χ4n) is 2.06. The molecule has 3 rings (SSSR count). The number of nitrogens with two attached hydrogens (primary N) is 2. The SMILES string of the molecule is NC1(N)c2ccccc2Oc2ccccc21. The Morgan fingerprint density at radius 3 is 1.69 bits per heavy atom. The Bertz CT molecular complexity index is 502. The summed E-state index contributed by atoms with van der Waals surface area (Å²) in [7, 11) is 0. The molecule has 3 heteroatoms. The van der Waals surface area contributed by atoms with Crippen molar-refractivity contribution in [2.75, 3.05) is 0 Å². The number of para-hydroxylation sites is 2. The molecule has 0 radical (unpaired) electrons. The van der Waals surface area contributed by atoms with E-state index in [9.17, 15) is 0 Å². The maximum atomic E-state index is 6.20. The van der Waals surface area contributed by atoms with Crippen molar-refractivity contribution in [2.45, 2.75) is 5.66 Å². The molecule has 0 saturated carbocycles. The fraction of sp³-hybridized carbons (Fsp3) is 0.0769. The van der Waals surface area contributed by atoms with Gasteiger partial charge in [0.05, 0.1) is 0 Å². The molecule has 0 spiro atoms. The molecule has 1 heterocycles. The normalized spacial score (nSPS) is 15.9. The third-order valence-corrected chi connectivity index (χ3v) is 2.89. The van der Waals surface area contributed by atoms with E-state index in [4.69, 9.17) is 16.2 Å². The molecule has 4 N–H and O–H groups in total. The van der Waals surface area contributed by atoms with Gasteiger partial charge in [-0.05, 0) is 12.1 Å². The molecule has 0 aromatic heterocycles. The molecular formula is C13H12N2O. The molecule has 2 aromatic carbocycles. The summed E-state index contributed by atoms with van der Waals surface area (Å²) < 4.78 is 5.75. The van der Waals surface area contributed by atoms with E-state index in [0.29, 0.717) is 0 Å². The first-order chi connectivity index (χ1) is 7.69. The lowest BCUT2D eigenvalue weighted by molar-refractivity contribution is 0.402. The third-order valence-electron chi connectivity index (χ3n) is 2.89. The van der Waals surface area contributed by atoms with Crippen molar-refractivity contribution >= 4 is 0 Å². The number of benzene rings is 2. The molecule has 80 valence electrons. The summed E-state index contributed by atoms with van der Waals surface area (Å²) in [5.74, 6) is 1.46. The van der Waals surface area contributed by atoms with Gasteiger partial charge in [-0.25, -0.2) is 0 Å². The van der Waals surface area contributed by atoms with Gasteiger partial charge in [-0.15, -0.1) is 0 Å². The third kappa shape index (κ3) is 1.16. The number of hydrogen-bond donors (Lipinski definition) is 2. The first kappa shape index (κ1) is 9.39. The van der Waals surface area contributed by atoms with Gasteiger partial charge < -0.3 is 16.2 Å². The van der Waals surface area contributed by atoms with Gasteiger partial charge in [0, 0.05) is 11.1 Å². The monoisotopic (exact) mass is 212 g/mol. The number of ether oxygens (including phenoxy) is 1. The summed E-state index contributed by atoms with van der Waals surface area (Å²) in [6, 6.07) is 15.2. The van der Waals surface area contributed by atoms with Crippen LogP contribution in [0, 0.1) is 0 Å². The van der Waals surface area contributed by atoms with E-state index >= 15 is 0 Å². The van der Waals surface area contributed by atoms with E-state index in [2.05, 4.69) is 0 Å². The topological polar surface area (TPSA) is 61.3 Å². The molecule has 0 bridgehead atoms. The lowest BCUT2D eigenvalue weighted by Gasteiger charge is -2.33. The Hall–Kier alpha value is -1.84. The quantitative estimate of drug-likeness (QED) is 0.656. The van der Waals surface area contributed by atoms with Gasteiger partial charge in [-0.3, -0.25) is 0 Å². The van der Waals surface area contributed by atoms with E-state index in [1.54, 1.807) is 0 Å². The second-order valence-corrected chi connectivity index (χ2v) is 3.96. The number of rotatable bonds is 0. The van der Waals surface area contributed by atoms with Gasteiger partial charge in [0.1, 0.15) is 17.2 Å². The summed E-state index contributed by atoms with van der Waals surface area (Å²) in [6.07, 6.45) is 0. The van der Waals surface area contributed by atoms with Crippen molar-refractivity contribution in [3.8, 4) is 11.5 Å². The van der Waals surface area contributed by atoms with E-state index in [1.807, 2.05) is 48.5 Å². The minimum Gasteiger partial charge on any atom is -0.457 e. The van der Waals surface area contributed by atoms with Crippen molar-refractivity contribution in [1.29, 1.82) is 0 Å². The van der Waals surface area contributed by atoms with Crippen molar-refractivity contribution in [2.24, 2.45) is 11.5 Å².